The zero-order chi connectivity index (χ0) is 23.5. The molecule has 0 atom stereocenters. The number of para-hydroxylation sites is 1. The lowest BCUT2D eigenvalue weighted by Gasteiger charge is -2.22. The van der Waals surface area contributed by atoms with Crippen LogP contribution in [-0.2, 0) is 13.5 Å². The fourth-order valence-electron chi connectivity index (χ4n) is 4.25. The number of aromatic nitrogens is 2. The van der Waals surface area contributed by atoms with E-state index in [9.17, 15) is 0 Å². The highest BCUT2D eigenvalue weighted by Crippen LogP contribution is 2.35. The molecule has 7 nitrogen and oxygen atoms in total. The van der Waals surface area contributed by atoms with Crippen molar-refractivity contribution in [3.8, 4) is 17.2 Å². The van der Waals surface area contributed by atoms with Gasteiger partial charge >= 0.3 is 0 Å². The summed E-state index contributed by atoms with van der Waals surface area (Å²) in [6.45, 7) is 3.93. The van der Waals surface area contributed by atoms with Gasteiger partial charge < -0.3 is 14.1 Å². The largest absolute Gasteiger partial charge is 0.435 e. The molecule has 0 N–H and O–H groups in total. The Bertz CT molecular complexity index is 1380. The molecule has 34 heavy (non-hydrogen) atoms. The SMILES string of the molecule is C=COc1cc(/C=N/CN(c2ccccc2)c2cccc(-c3cn(C)c4c3CC=[N+]4C)n2)co1. The molecule has 170 valence electrons. The number of aryl methyl sites for hydroxylation is 1. The topological polar surface area (TPSA) is 58.8 Å². The molecule has 0 bridgehead atoms. The van der Waals surface area contributed by atoms with E-state index in [1.165, 1.54) is 17.6 Å². The number of ether oxygens (including phenoxy) is 1. The van der Waals surface area contributed by atoms with Gasteiger partial charge in [-0.1, -0.05) is 30.8 Å². The lowest BCUT2D eigenvalue weighted by molar-refractivity contribution is -0.403. The third-order valence-electron chi connectivity index (χ3n) is 5.77. The number of hydrogen-bond donors (Lipinski definition) is 0. The van der Waals surface area contributed by atoms with Crippen LogP contribution < -0.4 is 9.64 Å². The van der Waals surface area contributed by atoms with Gasteiger partial charge in [0.15, 0.2) is 0 Å². The number of aliphatic imine (C=N–C) groups is 1. The van der Waals surface area contributed by atoms with Crippen LogP contribution in [-0.4, -0.2) is 40.3 Å². The van der Waals surface area contributed by atoms with E-state index < -0.39 is 0 Å². The summed E-state index contributed by atoms with van der Waals surface area (Å²) in [6, 6.07) is 18.0. The van der Waals surface area contributed by atoms with Gasteiger partial charge in [0.05, 0.1) is 43.4 Å². The smallest absolute Gasteiger partial charge is 0.289 e. The van der Waals surface area contributed by atoms with Gasteiger partial charge in [-0.25, -0.2) is 14.1 Å². The highest BCUT2D eigenvalue weighted by atomic mass is 16.6. The molecular formula is C27H26N5O2+. The molecule has 0 fully saturated rings. The summed E-state index contributed by atoms with van der Waals surface area (Å²) in [4.78, 5) is 11.8. The minimum Gasteiger partial charge on any atom is -0.435 e. The maximum absolute atomic E-state index is 5.32. The molecule has 0 saturated carbocycles. The highest BCUT2D eigenvalue weighted by molar-refractivity contribution is 5.80. The average molecular weight is 453 g/mol. The van der Waals surface area contributed by atoms with Crippen molar-refractivity contribution in [3.63, 3.8) is 0 Å². The van der Waals surface area contributed by atoms with E-state index in [2.05, 4.69) is 70.3 Å². The van der Waals surface area contributed by atoms with E-state index in [4.69, 9.17) is 14.1 Å². The predicted octanol–water partition coefficient (Wildman–Crippen LogP) is 5.32. The van der Waals surface area contributed by atoms with Crippen LogP contribution in [0.5, 0.6) is 5.95 Å². The second-order valence-electron chi connectivity index (χ2n) is 8.03. The van der Waals surface area contributed by atoms with Gasteiger partial charge in [-0.15, -0.1) is 0 Å². The van der Waals surface area contributed by atoms with E-state index in [1.54, 1.807) is 18.5 Å². The lowest BCUT2D eigenvalue weighted by Crippen LogP contribution is -2.18. The molecule has 4 aromatic rings. The summed E-state index contributed by atoms with van der Waals surface area (Å²) < 4.78 is 14.8. The number of nitrogens with zero attached hydrogens (tertiary/aromatic N) is 5. The normalized spacial score (nSPS) is 12.6. The summed E-state index contributed by atoms with van der Waals surface area (Å²) in [5.41, 5.74) is 5.23. The quantitative estimate of drug-likeness (QED) is 0.206. The number of anilines is 2. The third-order valence-corrected chi connectivity index (χ3v) is 5.77. The minimum absolute atomic E-state index is 0.379. The van der Waals surface area contributed by atoms with Gasteiger partial charge in [0.2, 0.25) is 0 Å². The second-order valence-corrected chi connectivity index (χ2v) is 8.03. The number of hydrogen-bond acceptors (Lipinski definition) is 5. The summed E-state index contributed by atoms with van der Waals surface area (Å²) in [5.74, 6) is 2.42. The molecule has 0 spiro atoms. The Morgan fingerprint density at radius 3 is 2.91 bits per heavy atom. The summed E-state index contributed by atoms with van der Waals surface area (Å²) >= 11 is 0. The molecule has 0 saturated heterocycles. The fraction of sp³-hybridized carbons (Fsp3) is 0.148. The second kappa shape index (κ2) is 9.23. The van der Waals surface area contributed by atoms with Crippen molar-refractivity contribution in [2.45, 2.75) is 6.42 Å². The number of benzene rings is 1. The molecule has 4 heterocycles. The maximum Gasteiger partial charge on any atom is 0.289 e. The van der Waals surface area contributed by atoms with Crippen LogP contribution in [0.25, 0.3) is 11.3 Å². The minimum atomic E-state index is 0.379. The fourth-order valence-corrected chi connectivity index (χ4v) is 4.25. The first kappa shape index (κ1) is 21.5. The molecule has 0 unspecified atom stereocenters. The number of fused-ring (bicyclic) bond motifs is 1. The Balaban J connectivity index is 1.46. The number of pyridine rings is 1. The highest BCUT2D eigenvalue weighted by Gasteiger charge is 2.27. The van der Waals surface area contributed by atoms with Crippen LogP contribution in [0.1, 0.15) is 11.1 Å². The van der Waals surface area contributed by atoms with Crippen LogP contribution in [0.3, 0.4) is 0 Å². The molecule has 1 aliphatic rings. The monoisotopic (exact) mass is 452 g/mol. The van der Waals surface area contributed by atoms with Gasteiger partial charge in [0.1, 0.15) is 24.9 Å². The van der Waals surface area contributed by atoms with E-state index in [-0.39, 0.29) is 0 Å². The van der Waals surface area contributed by atoms with Crippen LogP contribution in [0.15, 0.2) is 89.3 Å². The molecule has 0 aliphatic carbocycles. The van der Waals surface area contributed by atoms with Crippen LogP contribution >= 0.6 is 0 Å². The standard InChI is InChI=1S/C27H26N5O2/c1-4-33-26-15-20(18-34-26)16-28-19-32(21-9-6-5-7-10-21)25-12-8-11-24(29-25)23-17-31(3)27-22(23)13-14-30(27)2/h4-12,14-18H,1,13,19H2,2-3H3/q+1/b28-16+. The summed E-state index contributed by atoms with van der Waals surface area (Å²) in [6.07, 6.45) is 9.95. The van der Waals surface area contributed by atoms with E-state index >= 15 is 0 Å². The van der Waals surface area contributed by atoms with Gasteiger partial charge in [-0.3, -0.25) is 4.99 Å². The van der Waals surface area contributed by atoms with Crippen LogP contribution in [0.4, 0.5) is 17.3 Å². The van der Waals surface area contributed by atoms with E-state index in [0.717, 1.165) is 34.7 Å². The van der Waals surface area contributed by atoms with E-state index in [1.807, 2.05) is 30.3 Å². The zero-order valence-electron chi connectivity index (χ0n) is 19.3. The molecular weight excluding hydrogens is 426 g/mol. The van der Waals surface area contributed by atoms with Gasteiger partial charge in [0.25, 0.3) is 11.8 Å². The van der Waals surface area contributed by atoms with Crippen molar-refractivity contribution in [2.75, 3.05) is 18.6 Å². The molecule has 1 aliphatic heterocycles. The Hall–Kier alpha value is -4.39. The number of furan rings is 1. The number of rotatable bonds is 8. The van der Waals surface area contributed by atoms with Crippen LogP contribution in [0.2, 0.25) is 0 Å². The van der Waals surface area contributed by atoms with Crippen molar-refractivity contribution < 1.29 is 13.7 Å². The van der Waals surface area contributed by atoms with Crippen molar-refractivity contribution >= 4 is 29.8 Å². The van der Waals surface area contributed by atoms with Crippen molar-refractivity contribution in [1.29, 1.82) is 0 Å². The third kappa shape index (κ3) is 4.15. The maximum atomic E-state index is 5.32. The van der Waals surface area contributed by atoms with Crippen molar-refractivity contribution in [1.82, 2.24) is 9.55 Å². The molecule has 7 heteroatoms. The average Bonchev–Trinajstić information content (AvgIpc) is 3.56. The lowest BCUT2D eigenvalue weighted by atomic mass is 10.1. The van der Waals surface area contributed by atoms with Gasteiger partial charge in [0, 0.05) is 30.0 Å². The molecule has 3 aromatic heterocycles. The Morgan fingerprint density at radius 1 is 1.24 bits per heavy atom. The van der Waals surface area contributed by atoms with Crippen molar-refractivity contribution in [2.24, 2.45) is 12.0 Å². The summed E-state index contributed by atoms with van der Waals surface area (Å²) in [7, 11) is 4.16. The van der Waals surface area contributed by atoms with E-state index in [0.29, 0.717) is 12.6 Å². The molecule has 0 amide bonds. The summed E-state index contributed by atoms with van der Waals surface area (Å²) in [5, 5.41) is 0. The Labute approximate surface area is 198 Å². The Morgan fingerprint density at radius 2 is 2.09 bits per heavy atom. The zero-order valence-corrected chi connectivity index (χ0v) is 19.3. The first-order valence-electron chi connectivity index (χ1n) is 11.0. The Kier molecular flexibility index (Phi) is 5.82. The van der Waals surface area contributed by atoms with Crippen LogP contribution in [0, 0.1) is 0 Å². The van der Waals surface area contributed by atoms with Crippen molar-refractivity contribution in [3.05, 3.63) is 91.0 Å². The van der Waals surface area contributed by atoms with Gasteiger partial charge in [-0.2, -0.15) is 0 Å². The first-order chi connectivity index (χ1) is 16.6. The van der Waals surface area contributed by atoms with Gasteiger partial charge in [-0.05, 0) is 24.3 Å². The molecule has 5 rings (SSSR count). The predicted molar refractivity (Wildman–Crippen MR) is 135 cm³/mol. The molecule has 1 aromatic carbocycles. The molecule has 0 radical (unpaired) electrons. The first-order valence-corrected chi connectivity index (χ1v) is 11.0.